The van der Waals surface area contributed by atoms with Gasteiger partial charge in [0.25, 0.3) is 0 Å². The summed E-state index contributed by atoms with van der Waals surface area (Å²) in [7, 11) is 1.99. The highest BCUT2D eigenvalue weighted by molar-refractivity contribution is 5.29. The van der Waals surface area contributed by atoms with E-state index in [-0.39, 0.29) is 0 Å². The van der Waals surface area contributed by atoms with Crippen molar-refractivity contribution < 1.29 is 4.74 Å². The van der Waals surface area contributed by atoms with Gasteiger partial charge in [-0.05, 0) is 49.6 Å². The van der Waals surface area contributed by atoms with Gasteiger partial charge in [-0.15, -0.1) is 0 Å². The third kappa shape index (κ3) is 4.81. The first-order chi connectivity index (χ1) is 11.8. The molecule has 3 N–H and O–H groups in total. The maximum absolute atomic E-state index is 5.86. The first-order valence-electron chi connectivity index (χ1n) is 8.77. The van der Waals surface area contributed by atoms with E-state index in [2.05, 4.69) is 70.8 Å². The Bertz CT molecular complexity index is 600. The van der Waals surface area contributed by atoms with Crippen LogP contribution >= 0.6 is 0 Å². The summed E-state index contributed by atoms with van der Waals surface area (Å²) >= 11 is 0. The van der Waals surface area contributed by atoms with Crippen molar-refractivity contribution in [3.63, 3.8) is 0 Å². The zero-order valence-corrected chi connectivity index (χ0v) is 14.3. The molecule has 24 heavy (non-hydrogen) atoms. The molecule has 1 aliphatic rings. The Balaban J connectivity index is 1.42. The van der Waals surface area contributed by atoms with Crippen LogP contribution < -0.4 is 20.9 Å². The SMILES string of the molecule is CNCC1CC(c2ccc(OCCCc3ccccc3)cc2)NN1. The molecular formula is C20H27N3O. The predicted molar refractivity (Wildman–Crippen MR) is 98.0 cm³/mol. The van der Waals surface area contributed by atoms with E-state index in [9.17, 15) is 0 Å². The molecule has 0 spiro atoms. The molecule has 2 aromatic rings. The summed E-state index contributed by atoms with van der Waals surface area (Å²) in [6.45, 7) is 1.73. The van der Waals surface area contributed by atoms with E-state index in [0.717, 1.165) is 38.2 Å². The van der Waals surface area contributed by atoms with Gasteiger partial charge in [-0.25, -0.2) is 5.43 Å². The summed E-state index contributed by atoms with van der Waals surface area (Å²) in [6, 6.07) is 19.9. The molecule has 0 amide bonds. The Morgan fingerprint density at radius 3 is 2.58 bits per heavy atom. The normalized spacial score (nSPS) is 20.2. The molecule has 4 nitrogen and oxygen atoms in total. The number of aryl methyl sites for hydroxylation is 1. The lowest BCUT2D eigenvalue weighted by molar-refractivity contribution is 0.311. The number of ether oxygens (including phenoxy) is 1. The molecule has 0 radical (unpaired) electrons. The minimum atomic E-state index is 0.371. The van der Waals surface area contributed by atoms with Gasteiger partial charge in [0.1, 0.15) is 5.75 Å². The highest BCUT2D eigenvalue weighted by Crippen LogP contribution is 2.24. The number of nitrogens with one attached hydrogen (secondary N) is 3. The van der Waals surface area contributed by atoms with Gasteiger partial charge < -0.3 is 10.1 Å². The van der Waals surface area contributed by atoms with Gasteiger partial charge in [-0.2, -0.15) is 0 Å². The molecule has 2 atom stereocenters. The summed E-state index contributed by atoms with van der Waals surface area (Å²) in [5.74, 6) is 0.949. The average molecular weight is 325 g/mol. The van der Waals surface area contributed by atoms with Crippen LogP contribution in [0.2, 0.25) is 0 Å². The van der Waals surface area contributed by atoms with Gasteiger partial charge in [-0.3, -0.25) is 5.43 Å². The molecule has 1 saturated heterocycles. The van der Waals surface area contributed by atoms with Crippen molar-refractivity contribution in [3.05, 3.63) is 65.7 Å². The lowest BCUT2D eigenvalue weighted by atomic mass is 10.0. The van der Waals surface area contributed by atoms with E-state index >= 15 is 0 Å². The number of hydrogen-bond donors (Lipinski definition) is 3. The average Bonchev–Trinajstić information content (AvgIpc) is 3.09. The van der Waals surface area contributed by atoms with Gasteiger partial charge in [0.15, 0.2) is 0 Å². The maximum atomic E-state index is 5.86. The van der Waals surface area contributed by atoms with Crippen molar-refractivity contribution in [1.29, 1.82) is 0 Å². The first kappa shape index (κ1) is 17.0. The summed E-state index contributed by atoms with van der Waals surface area (Å²) < 4.78 is 5.86. The van der Waals surface area contributed by atoms with Gasteiger partial charge in [-0.1, -0.05) is 42.5 Å². The van der Waals surface area contributed by atoms with Crippen LogP contribution in [0.25, 0.3) is 0 Å². The van der Waals surface area contributed by atoms with Crippen LogP contribution in [0.1, 0.15) is 30.0 Å². The minimum absolute atomic E-state index is 0.371. The Morgan fingerprint density at radius 1 is 1.04 bits per heavy atom. The van der Waals surface area contributed by atoms with Crippen molar-refractivity contribution in [2.45, 2.75) is 31.3 Å². The van der Waals surface area contributed by atoms with Crippen LogP contribution in [-0.2, 0) is 6.42 Å². The Labute approximate surface area is 144 Å². The predicted octanol–water partition coefficient (Wildman–Crippen LogP) is 2.83. The van der Waals surface area contributed by atoms with Crippen LogP contribution in [0.5, 0.6) is 5.75 Å². The Kier molecular flexibility index (Phi) is 6.24. The number of benzene rings is 2. The zero-order valence-electron chi connectivity index (χ0n) is 14.3. The second-order valence-electron chi connectivity index (χ2n) is 6.34. The molecule has 2 unspecified atom stereocenters. The van der Waals surface area contributed by atoms with Crippen LogP contribution in [0.15, 0.2) is 54.6 Å². The molecule has 0 bridgehead atoms. The molecule has 4 heteroatoms. The molecular weight excluding hydrogens is 298 g/mol. The fourth-order valence-corrected chi connectivity index (χ4v) is 3.13. The molecule has 0 aliphatic carbocycles. The Hall–Kier alpha value is -1.88. The second kappa shape index (κ2) is 8.83. The second-order valence-corrected chi connectivity index (χ2v) is 6.34. The van der Waals surface area contributed by atoms with Gasteiger partial charge in [0.05, 0.1) is 6.61 Å². The monoisotopic (exact) mass is 325 g/mol. The van der Waals surface area contributed by atoms with E-state index in [1.165, 1.54) is 11.1 Å². The molecule has 0 saturated carbocycles. The summed E-state index contributed by atoms with van der Waals surface area (Å²) in [5, 5.41) is 3.21. The fourth-order valence-electron chi connectivity index (χ4n) is 3.13. The van der Waals surface area contributed by atoms with Crippen LogP contribution in [-0.4, -0.2) is 26.2 Å². The van der Waals surface area contributed by atoms with Crippen molar-refractivity contribution in [2.75, 3.05) is 20.2 Å². The van der Waals surface area contributed by atoms with E-state index in [4.69, 9.17) is 4.74 Å². The van der Waals surface area contributed by atoms with Gasteiger partial charge in [0, 0.05) is 18.6 Å². The van der Waals surface area contributed by atoms with Crippen molar-refractivity contribution in [2.24, 2.45) is 0 Å². The van der Waals surface area contributed by atoms with Crippen molar-refractivity contribution >= 4 is 0 Å². The van der Waals surface area contributed by atoms with E-state index < -0.39 is 0 Å². The van der Waals surface area contributed by atoms with Crippen LogP contribution in [0.4, 0.5) is 0 Å². The smallest absolute Gasteiger partial charge is 0.119 e. The number of likely N-dealkylation sites (N-methyl/N-ethyl adjacent to an activating group) is 1. The van der Waals surface area contributed by atoms with Crippen LogP contribution in [0, 0.1) is 0 Å². The number of hydrogen-bond acceptors (Lipinski definition) is 4. The van der Waals surface area contributed by atoms with Crippen molar-refractivity contribution in [3.8, 4) is 5.75 Å². The number of hydrazine groups is 1. The quantitative estimate of drug-likeness (QED) is 0.653. The molecule has 0 aromatic heterocycles. The summed E-state index contributed by atoms with van der Waals surface area (Å²) in [4.78, 5) is 0. The summed E-state index contributed by atoms with van der Waals surface area (Å²) in [6.07, 6.45) is 3.19. The fraction of sp³-hybridized carbons (Fsp3) is 0.400. The molecule has 2 aromatic carbocycles. The largest absolute Gasteiger partial charge is 0.494 e. The van der Waals surface area contributed by atoms with Gasteiger partial charge >= 0.3 is 0 Å². The van der Waals surface area contributed by atoms with E-state index in [1.807, 2.05) is 7.05 Å². The van der Waals surface area contributed by atoms with Gasteiger partial charge in [0.2, 0.25) is 0 Å². The molecule has 3 rings (SSSR count). The Morgan fingerprint density at radius 2 is 1.83 bits per heavy atom. The topological polar surface area (TPSA) is 45.3 Å². The highest BCUT2D eigenvalue weighted by atomic mass is 16.5. The standard InChI is InChI=1S/C20H27N3O/c1-21-15-18-14-20(23-22-18)17-9-11-19(12-10-17)24-13-5-8-16-6-3-2-4-7-16/h2-4,6-7,9-12,18,20-23H,5,8,13-15H2,1H3. The third-order valence-electron chi connectivity index (χ3n) is 4.44. The third-order valence-corrected chi connectivity index (χ3v) is 4.44. The first-order valence-corrected chi connectivity index (χ1v) is 8.77. The number of rotatable bonds is 8. The van der Waals surface area contributed by atoms with E-state index in [1.54, 1.807) is 0 Å². The molecule has 128 valence electrons. The lowest BCUT2D eigenvalue weighted by Crippen LogP contribution is -2.36. The lowest BCUT2D eigenvalue weighted by Gasteiger charge is -2.11. The van der Waals surface area contributed by atoms with Crippen LogP contribution in [0.3, 0.4) is 0 Å². The van der Waals surface area contributed by atoms with E-state index in [0.29, 0.717) is 12.1 Å². The molecule has 1 fully saturated rings. The highest BCUT2D eigenvalue weighted by Gasteiger charge is 2.24. The minimum Gasteiger partial charge on any atom is -0.494 e. The summed E-state index contributed by atoms with van der Waals surface area (Å²) in [5.41, 5.74) is 9.37. The maximum Gasteiger partial charge on any atom is 0.119 e. The molecule has 1 aliphatic heterocycles. The van der Waals surface area contributed by atoms with Crippen molar-refractivity contribution in [1.82, 2.24) is 16.2 Å². The zero-order chi connectivity index (χ0) is 16.6. The molecule has 1 heterocycles.